The molecular formula is C26H24F3N3O2. The Morgan fingerprint density at radius 2 is 1.88 bits per heavy atom. The molecule has 0 saturated heterocycles. The van der Waals surface area contributed by atoms with Gasteiger partial charge in [-0.25, -0.2) is 18.0 Å². The van der Waals surface area contributed by atoms with Crippen molar-refractivity contribution in [3.8, 4) is 0 Å². The lowest BCUT2D eigenvalue weighted by atomic mass is 10.0. The van der Waals surface area contributed by atoms with Crippen LogP contribution in [0.1, 0.15) is 30.0 Å². The van der Waals surface area contributed by atoms with Crippen LogP contribution in [-0.2, 0) is 17.8 Å². The fraction of sp³-hybridized carbons (Fsp3) is 0.231. The first-order chi connectivity index (χ1) is 16.4. The lowest BCUT2D eigenvalue weighted by Crippen LogP contribution is -2.40. The highest BCUT2D eigenvalue weighted by atomic mass is 19.1. The highest BCUT2D eigenvalue weighted by Crippen LogP contribution is 2.22. The van der Waals surface area contributed by atoms with Gasteiger partial charge in [-0.15, -0.1) is 0 Å². The third-order valence-corrected chi connectivity index (χ3v) is 5.59. The number of anilines is 1. The van der Waals surface area contributed by atoms with Crippen LogP contribution in [0.25, 0.3) is 0 Å². The maximum atomic E-state index is 14.3. The third kappa shape index (κ3) is 5.57. The standard InChI is InChI=1S/C26H24F3N3O2/c1-2-17-6-5-7-20(12-17)30-26(33)32(15-18-10-11-19(27)13-24(18)29)16-21-14-25(31-34-21)22-8-3-4-9-23(22)28/h3-13,21H,2,14-16H2,1H3,(H,30,33)/t21-/m1/s1. The lowest BCUT2D eigenvalue weighted by molar-refractivity contribution is 0.0606. The van der Waals surface area contributed by atoms with Gasteiger partial charge < -0.3 is 15.1 Å². The molecule has 0 radical (unpaired) electrons. The molecule has 0 unspecified atom stereocenters. The third-order valence-electron chi connectivity index (χ3n) is 5.59. The number of amides is 2. The molecule has 1 N–H and O–H groups in total. The molecule has 8 heteroatoms. The Balaban J connectivity index is 1.51. The molecule has 176 valence electrons. The van der Waals surface area contributed by atoms with Crippen LogP contribution in [-0.4, -0.2) is 29.3 Å². The Bertz CT molecular complexity index is 1220. The quantitative estimate of drug-likeness (QED) is 0.471. The summed E-state index contributed by atoms with van der Waals surface area (Å²) in [4.78, 5) is 20.0. The van der Waals surface area contributed by atoms with Gasteiger partial charge in [0, 0.05) is 29.3 Å². The minimum atomic E-state index is -0.749. The van der Waals surface area contributed by atoms with Gasteiger partial charge in [0.05, 0.1) is 18.8 Å². The Kier molecular flexibility index (Phi) is 7.15. The number of carbonyl (C=O) groups is 1. The van der Waals surface area contributed by atoms with Crippen molar-refractivity contribution in [3.63, 3.8) is 0 Å². The van der Waals surface area contributed by atoms with E-state index in [4.69, 9.17) is 4.84 Å². The Hall–Kier alpha value is -3.81. The first kappa shape index (κ1) is 23.4. The number of aryl methyl sites for hydroxylation is 1. The predicted molar refractivity (Wildman–Crippen MR) is 124 cm³/mol. The molecule has 1 aliphatic rings. The number of nitrogens with zero attached hydrogens (tertiary/aromatic N) is 2. The average Bonchev–Trinajstić information content (AvgIpc) is 3.29. The van der Waals surface area contributed by atoms with E-state index in [0.29, 0.717) is 17.0 Å². The largest absolute Gasteiger partial charge is 0.390 e. The fourth-order valence-corrected chi connectivity index (χ4v) is 3.77. The van der Waals surface area contributed by atoms with Crippen molar-refractivity contribution in [2.75, 3.05) is 11.9 Å². The number of urea groups is 1. The van der Waals surface area contributed by atoms with E-state index in [-0.39, 0.29) is 25.1 Å². The topological polar surface area (TPSA) is 53.9 Å². The summed E-state index contributed by atoms with van der Waals surface area (Å²) < 4.78 is 41.9. The van der Waals surface area contributed by atoms with Crippen molar-refractivity contribution in [1.82, 2.24) is 4.90 Å². The van der Waals surface area contributed by atoms with Gasteiger partial charge in [-0.1, -0.05) is 48.5 Å². The zero-order valence-corrected chi connectivity index (χ0v) is 18.6. The summed E-state index contributed by atoms with van der Waals surface area (Å²) in [5, 5.41) is 6.83. The van der Waals surface area contributed by atoms with Crippen LogP contribution in [0.4, 0.5) is 23.7 Å². The van der Waals surface area contributed by atoms with Gasteiger partial charge in [0.15, 0.2) is 6.10 Å². The summed E-state index contributed by atoms with van der Waals surface area (Å²) in [6.07, 6.45) is 0.535. The monoisotopic (exact) mass is 467 g/mol. The van der Waals surface area contributed by atoms with Crippen LogP contribution in [0.15, 0.2) is 71.9 Å². The molecule has 1 heterocycles. The summed E-state index contributed by atoms with van der Waals surface area (Å²) in [5.74, 6) is -1.86. The molecule has 0 aliphatic carbocycles. The minimum Gasteiger partial charge on any atom is -0.390 e. The summed E-state index contributed by atoms with van der Waals surface area (Å²) in [6.45, 7) is 1.97. The van der Waals surface area contributed by atoms with Crippen LogP contribution in [0.5, 0.6) is 0 Å². The molecule has 1 atom stereocenters. The molecule has 5 nitrogen and oxygen atoms in total. The number of nitrogens with one attached hydrogen (secondary N) is 1. The summed E-state index contributed by atoms with van der Waals surface area (Å²) in [5.41, 5.74) is 2.58. The van der Waals surface area contributed by atoms with Crippen LogP contribution in [0.2, 0.25) is 0 Å². The Morgan fingerprint density at radius 3 is 2.65 bits per heavy atom. The molecule has 0 fully saturated rings. The van der Waals surface area contributed by atoms with E-state index in [1.807, 2.05) is 25.1 Å². The highest BCUT2D eigenvalue weighted by Gasteiger charge is 2.28. The van der Waals surface area contributed by atoms with E-state index in [1.54, 1.807) is 24.3 Å². The smallest absolute Gasteiger partial charge is 0.322 e. The fourth-order valence-electron chi connectivity index (χ4n) is 3.77. The molecule has 1 aliphatic heterocycles. The second-order valence-electron chi connectivity index (χ2n) is 8.05. The molecule has 34 heavy (non-hydrogen) atoms. The molecule has 0 aromatic heterocycles. The second-order valence-corrected chi connectivity index (χ2v) is 8.05. The number of hydrogen-bond donors (Lipinski definition) is 1. The van der Waals surface area contributed by atoms with Gasteiger partial charge in [-0.05, 0) is 36.2 Å². The molecule has 4 rings (SSSR count). The van der Waals surface area contributed by atoms with Crippen LogP contribution in [0.3, 0.4) is 0 Å². The van der Waals surface area contributed by atoms with Crippen molar-refractivity contribution in [3.05, 3.63) is 101 Å². The molecule has 0 spiro atoms. The minimum absolute atomic E-state index is 0.0670. The summed E-state index contributed by atoms with van der Waals surface area (Å²) in [6, 6.07) is 16.4. The zero-order chi connectivity index (χ0) is 24.1. The number of halogens is 3. The van der Waals surface area contributed by atoms with Crippen LogP contribution in [0, 0.1) is 17.5 Å². The summed E-state index contributed by atoms with van der Waals surface area (Å²) in [7, 11) is 0. The highest BCUT2D eigenvalue weighted by molar-refractivity contribution is 6.01. The zero-order valence-electron chi connectivity index (χ0n) is 18.6. The van der Waals surface area contributed by atoms with E-state index in [2.05, 4.69) is 10.5 Å². The molecule has 3 aromatic rings. The number of rotatable bonds is 7. The van der Waals surface area contributed by atoms with E-state index in [9.17, 15) is 18.0 Å². The number of oxime groups is 1. The van der Waals surface area contributed by atoms with Crippen molar-refractivity contribution in [2.45, 2.75) is 32.4 Å². The van der Waals surface area contributed by atoms with Crippen molar-refractivity contribution in [2.24, 2.45) is 5.16 Å². The maximum Gasteiger partial charge on any atom is 0.322 e. The van der Waals surface area contributed by atoms with Gasteiger partial charge in [0.1, 0.15) is 17.5 Å². The van der Waals surface area contributed by atoms with Gasteiger partial charge in [-0.3, -0.25) is 0 Å². The van der Waals surface area contributed by atoms with Gasteiger partial charge in [0.2, 0.25) is 0 Å². The molecule has 2 amide bonds. The van der Waals surface area contributed by atoms with E-state index in [0.717, 1.165) is 24.1 Å². The molecular weight excluding hydrogens is 443 g/mol. The molecule has 0 bridgehead atoms. The number of hydrogen-bond acceptors (Lipinski definition) is 3. The maximum absolute atomic E-state index is 14.3. The molecule has 0 saturated carbocycles. The Labute approximate surface area is 195 Å². The van der Waals surface area contributed by atoms with Crippen LogP contribution < -0.4 is 5.32 Å². The summed E-state index contributed by atoms with van der Waals surface area (Å²) >= 11 is 0. The average molecular weight is 467 g/mol. The van der Waals surface area contributed by atoms with Crippen molar-refractivity contribution in [1.29, 1.82) is 0 Å². The predicted octanol–water partition coefficient (Wildman–Crippen LogP) is 5.89. The molecule has 3 aromatic carbocycles. The lowest BCUT2D eigenvalue weighted by Gasteiger charge is -2.25. The normalized spacial score (nSPS) is 14.9. The van der Waals surface area contributed by atoms with Crippen molar-refractivity contribution >= 4 is 17.4 Å². The first-order valence-electron chi connectivity index (χ1n) is 11.0. The van der Waals surface area contributed by atoms with E-state index >= 15 is 0 Å². The Morgan fingerprint density at radius 1 is 1.06 bits per heavy atom. The van der Waals surface area contributed by atoms with Gasteiger partial charge >= 0.3 is 6.03 Å². The van der Waals surface area contributed by atoms with Crippen LogP contribution >= 0.6 is 0 Å². The van der Waals surface area contributed by atoms with Gasteiger partial charge in [0.25, 0.3) is 0 Å². The second kappa shape index (κ2) is 10.4. The van der Waals surface area contributed by atoms with Crippen molar-refractivity contribution < 1.29 is 22.8 Å². The van der Waals surface area contributed by atoms with E-state index < -0.39 is 29.6 Å². The SMILES string of the molecule is CCc1cccc(NC(=O)N(Cc2ccc(F)cc2F)C[C@H]2CC(c3ccccc3F)=NO2)c1. The number of benzene rings is 3. The van der Waals surface area contributed by atoms with Gasteiger partial charge in [-0.2, -0.15) is 0 Å². The number of carbonyl (C=O) groups excluding carboxylic acids is 1. The van der Waals surface area contributed by atoms with E-state index in [1.165, 1.54) is 17.0 Å². The first-order valence-corrected chi connectivity index (χ1v) is 11.0.